The maximum Gasteiger partial charge on any atom is 0.240 e. The number of carbonyl (C=O) groups excluding carboxylic acids is 1. The molecule has 1 aliphatic rings. The number of thioether (sulfide) groups is 1. The molecule has 3 rings (SSSR count). The minimum absolute atomic E-state index is 0.0302. The molecule has 1 aliphatic carbocycles. The Morgan fingerprint density at radius 2 is 1.95 bits per heavy atom. The van der Waals surface area contributed by atoms with Crippen LogP contribution >= 0.6 is 23.4 Å². The Bertz CT molecular complexity index is 686. The summed E-state index contributed by atoms with van der Waals surface area (Å²) in [5, 5.41) is 3.44. The van der Waals surface area contributed by atoms with E-state index in [0.717, 1.165) is 17.7 Å². The van der Waals surface area contributed by atoms with Crippen molar-refractivity contribution in [1.29, 1.82) is 0 Å². The summed E-state index contributed by atoms with van der Waals surface area (Å²) in [7, 11) is 1.56. The summed E-state index contributed by atoms with van der Waals surface area (Å²) >= 11 is 7.72. The Balaban J connectivity index is 1.70. The topological polar surface area (TPSA) is 38.3 Å². The molecule has 0 spiro atoms. The van der Waals surface area contributed by atoms with Gasteiger partial charge in [0.25, 0.3) is 0 Å². The van der Waals surface area contributed by atoms with Gasteiger partial charge in [0.15, 0.2) is 0 Å². The minimum Gasteiger partial charge on any atom is -0.495 e. The van der Waals surface area contributed by atoms with Crippen LogP contribution in [-0.4, -0.2) is 17.8 Å². The Labute approximate surface area is 139 Å². The number of benzene rings is 2. The van der Waals surface area contributed by atoms with Gasteiger partial charge in [-0.2, -0.15) is 0 Å². The molecule has 1 fully saturated rings. The van der Waals surface area contributed by atoms with Gasteiger partial charge >= 0.3 is 0 Å². The SMILES string of the molecule is COc1ccc(NC(=O)C2(Sc3ccccc3)CC2)cc1Cl. The van der Waals surface area contributed by atoms with Crippen LogP contribution in [0.5, 0.6) is 5.75 Å². The summed E-state index contributed by atoms with van der Waals surface area (Å²) in [4.78, 5) is 13.7. The largest absolute Gasteiger partial charge is 0.495 e. The lowest BCUT2D eigenvalue weighted by molar-refractivity contribution is -0.116. The van der Waals surface area contributed by atoms with Crippen LogP contribution in [0.2, 0.25) is 5.02 Å². The highest BCUT2D eigenvalue weighted by Crippen LogP contribution is 2.52. The molecule has 0 unspecified atom stereocenters. The monoisotopic (exact) mass is 333 g/mol. The van der Waals surface area contributed by atoms with Gasteiger partial charge < -0.3 is 10.1 Å². The number of ether oxygens (including phenoxy) is 1. The van der Waals surface area contributed by atoms with Crippen LogP contribution in [0.15, 0.2) is 53.4 Å². The van der Waals surface area contributed by atoms with E-state index in [1.165, 1.54) is 0 Å². The summed E-state index contributed by atoms with van der Waals surface area (Å²) in [6, 6.07) is 15.3. The summed E-state index contributed by atoms with van der Waals surface area (Å²) in [5.41, 5.74) is 0.690. The molecular formula is C17H16ClNO2S. The van der Waals surface area contributed by atoms with E-state index in [1.54, 1.807) is 37.1 Å². The van der Waals surface area contributed by atoms with Crippen molar-refractivity contribution in [3.8, 4) is 5.75 Å². The van der Waals surface area contributed by atoms with Crippen LogP contribution < -0.4 is 10.1 Å². The van der Waals surface area contributed by atoms with Crippen LogP contribution in [0.4, 0.5) is 5.69 Å². The summed E-state index contributed by atoms with van der Waals surface area (Å²) in [5.74, 6) is 0.627. The Kier molecular flexibility index (Phi) is 4.32. The van der Waals surface area contributed by atoms with Gasteiger partial charge in [0.05, 0.1) is 16.9 Å². The molecule has 114 valence electrons. The average molecular weight is 334 g/mol. The van der Waals surface area contributed by atoms with Crippen LogP contribution in [0, 0.1) is 0 Å². The lowest BCUT2D eigenvalue weighted by atomic mass is 10.3. The van der Waals surface area contributed by atoms with Gasteiger partial charge in [0, 0.05) is 10.6 Å². The maximum atomic E-state index is 12.6. The molecule has 0 bridgehead atoms. The Morgan fingerprint density at radius 3 is 2.55 bits per heavy atom. The van der Waals surface area contributed by atoms with Gasteiger partial charge in [0.2, 0.25) is 5.91 Å². The van der Waals surface area contributed by atoms with Crippen LogP contribution in [0.3, 0.4) is 0 Å². The predicted octanol–water partition coefficient (Wildman–Crippen LogP) is 4.61. The number of carbonyl (C=O) groups is 1. The van der Waals surface area contributed by atoms with E-state index in [-0.39, 0.29) is 10.7 Å². The number of nitrogens with one attached hydrogen (secondary N) is 1. The highest BCUT2D eigenvalue weighted by atomic mass is 35.5. The van der Waals surface area contributed by atoms with Crippen molar-refractivity contribution >= 4 is 35.0 Å². The van der Waals surface area contributed by atoms with E-state index in [4.69, 9.17) is 16.3 Å². The van der Waals surface area contributed by atoms with Crippen molar-refractivity contribution in [2.45, 2.75) is 22.5 Å². The molecule has 0 heterocycles. The fourth-order valence-corrected chi connectivity index (χ4v) is 3.64. The zero-order valence-electron chi connectivity index (χ0n) is 12.1. The first-order valence-electron chi connectivity index (χ1n) is 7.02. The predicted molar refractivity (Wildman–Crippen MR) is 90.9 cm³/mol. The third-order valence-corrected chi connectivity index (χ3v) is 5.37. The van der Waals surface area contributed by atoms with Gasteiger partial charge in [-0.1, -0.05) is 29.8 Å². The number of hydrogen-bond donors (Lipinski definition) is 1. The lowest BCUT2D eigenvalue weighted by Gasteiger charge is -2.15. The molecule has 1 N–H and O–H groups in total. The van der Waals surface area contributed by atoms with Crippen LogP contribution in [0.25, 0.3) is 0 Å². The summed E-state index contributed by atoms with van der Waals surface area (Å²) < 4.78 is 4.76. The van der Waals surface area contributed by atoms with E-state index in [2.05, 4.69) is 5.32 Å². The second-order valence-electron chi connectivity index (χ2n) is 5.21. The van der Waals surface area contributed by atoms with Crippen molar-refractivity contribution in [2.75, 3.05) is 12.4 Å². The lowest BCUT2D eigenvalue weighted by Crippen LogP contribution is -2.26. The highest BCUT2D eigenvalue weighted by molar-refractivity contribution is 8.01. The molecule has 1 saturated carbocycles. The fourth-order valence-electron chi connectivity index (χ4n) is 2.19. The number of halogens is 1. The molecule has 0 radical (unpaired) electrons. The standard InChI is InChI=1S/C17H16ClNO2S/c1-21-15-8-7-12(11-14(15)18)19-16(20)17(9-10-17)22-13-5-3-2-4-6-13/h2-8,11H,9-10H2,1H3,(H,19,20). The number of anilines is 1. The second kappa shape index (κ2) is 6.23. The molecule has 2 aromatic carbocycles. The number of rotatable bonds is 5. The van der Waals surface area contributed by atoms with E-state index in [1.807, 2.05) is 30.3 Å². The zero-order valence-corrected chi connectivity index (χ0v) is 13.7. The zero-order chi connectivity index (χ0) is 15.6. The van der Waals surface area contributed by atoms with E-state index in [0.29, 0.717) is 16.5 Å². The van der Waals surface area contributed by atoms with E-state index < -0.39 is 0 Å². The van der Waals surface area contributed by atoms with Crippen molar-refractivity contribution in [3.05, 3.63) is 53.6 Å². The molecule has 22 heavy (non-hydrogen) atoms. The first kappa shape index (κ1) is 15.3. The van der Waals surface area contributed by atoms with Crippen LogP contribution in [0.1, 0.15) is 12.8 Å². The first-order chi connectivity index (χ1) is 10.6. The third kappa shape index (κ3) is 3.23. The van der Waals surface area contributed by atoms with Gasteiger partial charge in [-0.05, 0) is 43.2 Å². The molecule has 0 aliphatic heterocycles. The molecule has 1 amide bonds. The molecule has 0 aromatic heterocycles. The summed E-state index contributed by atoms with van der Waals surface area (Å²) in [6.45, 7) is 0. The van der Waals surface area contributed by atoms with Gasteiger partial charge in [0.1, 0.15) is 5.75 Å². The quantitative estimate of drug-likeness (QED) is 0.868. The second-order valence-corrected chi connectivity index (χ2v) is 7.08. The van der Waals surface area contributed by atoms with Crippen molar-refractivity contribution in [2.24, 2.45) is 0 Å². The maximum absolute atomic E-state index is 12.6. The normalized spacial score (nSPS) is 15.2. The molecule has 3 nitrogen and oxygen atoms in total. The fraction of sp³-hybridized carbons (Fsp3) is 0.235. The van der Waals surface area contributed by atoms with Gasteiger partial charge in [-0.25, -0.2) is 0 Å². The average Bonchev–Trinajstić information content (AvgIpc) is 3.29. The Morgan fingerprint density at radius 1 is 1.23 bits per heavy atom. The van der Waals surface area contributed by atoms with Gasteiger partial charge in [-0.15, -0.1) is 11.8 Å². The minimum atomic E-state index is -0.353. The first-order valence-corrected chi connectivity index (χ1v) is 8.21. The molecule has 5 heteroatoms. The third-order valence-electron chi connectivity index (χ3n) is 3.58. The Hall–Kier alpha value is -1.65. The van der Waals surface area contributed by atoms with E-state index in [9.17, 15) is 4.79 Å². The number of hydrogen-bond acceptors (Lipinski definition) is 3. The van der Waals surface area contributed by atoms with E-state index >= 15 is 0 Å². The summed E-state index contributed by atoms with van der Waals surface area (Å²) in [6.07, 6.45) is 1.78. The number of amides is 1. The smallest absolute Gasteiger partial charge is 0.240 e. The molecule has 0 atom stereocenters. The molecule has 2 aromatic rings. The van der Waals surface area contributed by atoms with Crippen molar-refractivity contribution < 1.29 is 9.53 Å². The van der Waals surface area contributed by atoms with Gasteiger partial charge in [-0.3, -0.25) is 4.79 Å². The van der Waals surface area contributed by atoms with Crippen molar-refractivity contribution in [3.63, 3.8) is 0 Å². The molecule has 0 saturated heterocycles. The van der Waals surface area contributed by atoms with Crippen molar-refractivity contribution in [1.82, 2.24) is 0 Å². The van der Waals surface area contributed by atoms with Crippen LogP contribution in [-0.2, 0) is 4.79 Å². The number of methoxy groups -OCH3 is 1. The molecular weight excluding hydrogens is 318 g/mol. The highest BCUT2D eigenvalue weighted by Gasteiger charge is 2.50.